The third-order valence-corrected chi connectivity index (χ3v) is 3.64. The molecule has 0 amide bonds. The van der Waals surface area contributed by atoms with E-state index in [-0.39, 0.29) is 0 Å². The fourth-order valence-electron chi connectivity index (χ4n) is 1.96. The number of aromatic nitrogens is 4. The summed E-state index contributed by atoms with van der Waals surface area (Å²) in [6, 6.07) is 15.6. The van der Waals surface area contributed by atoms with Gasteiger partial charge in [-0.2, -0.15) is 4.68 Å². The largest absolute Gasteiger partial charge is 0.399 e. The Morgan fingerprint density at radius 1 is 1.10 bits per heavy atom. The van der Waals surface area contributed by atoms with Crippen LogP contribution in [0, 0.1) is 0 Å². The minimum Gasteiger partial charge on any atom is -0.399 e. The zero-order valence-electron chi connectivity index (χ0n) is 10.9. The summed E-state index contributed by atoms with van der Waals surface area (Å²) in [5.74, 6) is 0.676. The summed E-state index contributed by atoms with van der Waals surface area (Å²) in [5, 5.41) is 11.9. The minimum atomic E-state index is 0.676. The summed E-state index contributed by atoms with van der Waals surface area (Å²) in [4.78, 5) is 1.16. The van der Waals surface area contributed by atoms with Crippen molar-refractivity contribution in [2.24, 2.45) is 0 Å². The number of hydrogen-bond donors (Lipinski definition) is 1. The number of rotatable bonds is 3. The Bertz CT molecular complexity index is 738. The van der Waals surface area contributed by atoms with Crippen LogP contribution in [-0.2, 0) is 0 Å². The van der Waals surface area contributed by atoms with E-state index < -0.39 is 0 Å². The highest BCUT2D eigenvalue weighted by molar-refractivity contribution is 7.98. The third-order valence-electron chi connectivity index (χ3n) is 2.91. The first-order valence-corrected chi connectivity index (χ1v) is 7.29. The zero-order valence-corrected chi connectivity index (χ0v) is 11.7. The highest BCUT2D eigenvalue weighted by Gasteiger charge is 2.11. The lowest BCUT2D eigenvalue weighted by Crippen LogP contribution is -2.00. The van der Waals surface area contributed by atoms with Crippen molar-refractivity contribution in [1.29, 1.82) is 0 Å². The number of nitrogens with two attached hydrogens (primary N) is 1. The fourth-order valence-corrected chi connectivity index (χ4v) is 2.41. The minimum absolute atomic E-state index is 0.676. The second-order valence-electron chi connectivity index (χ2n) is 4.24. The second-order valence-corrected chi connectivity index (χ2v) is 5.12. The molecule has 1 heterocycles. The van der Waals surface area contributed by atoms with Crippen molar-refractivity contribution in [2.45, 2.75) is 4.90 Å². The molecule has 0 fully saturated rings. The van der Waals surface area contributed by atoms with Gasteiger partial charge in [-0.1, -0.05) is 18.2 Å². The van der Waals surface area contributed by atoms with Crippen LogP contribution >= 0.6 is 11.8 Å². The topological polar surface area (TPSA) is 69.6 Å². The Kier molecular flexibility index (Phi) is 3.39. The molecule has 0 aliphatic heterocycles. The molecule has 0 radical (unpaired) electrons. The molecule has 0 atom stereocenters. The van der Waals surface area contributed by atoms with Crippen LogP contribution in [0.15, 0.2) is 53.4 Å². The molecule has 2 N–H and O–H groups in total. The molecule has 3 rings (SSSR count). The Labute approximate surface area is 120 Å². The first kappa shape index (κ1) is 12.7. The average Bonchev–Trinajstić information content (AvgIpc) is 2.97. The average molecular weight is 283 g/mol. The fraction of sp³-hybridized carbons (Fsp3) is 0.0714. The maximum Gasteiger partial charge on any atom is 0.187 e. The SMILES string of the molecule is CSc1cccc(-n2nnnc2-c2cccc(N)c2)c1. The number of anilines is 1. The van der Waals surface area contributed by atoms with Gasteiger partial charge in [0, 0.05) is 16.1 Å². The molecule has 100 valence electrons. The number of benzene rings is 2. The van der Waals surface area contributed by atoms with Gasteiger partial charge in [0.1, 0.15) is 0 Å². The van der Waals surface area contributed by atoms with Crippen LogP contribution < -0.4 is 5.73 Å². The monoisotopic (exact) mass is 283 g/mol. The summed E-state index contributed by atoms with van der Waals surface area (Å²) in [6.45, 7) is 0. The van der Waals surface area contributed by atoms with Gasteiger partial charge in [-0.15, -0.1) is 16.9 Å². The van der Waals surface area contributed by atoms with Crippen LogP contribution in [0.25, 0.3) is 17.1 Å². The molecule has 6 heteroatoms. The zero-order chi connectivity index (χ0) is 13.9. The van der Waals surface area contributed by atoms with Gasteiger partial charge in [-0.05, 0) is 47.0 Å². The number of nitrogens with zero attached hydrogens (tertiary/aromatic N) is 4. The standard InChI is InChI=1S/C14H13N5S/c1-20-13-7-3-6-12(9-13)19-14(16-17-18-19)10-4-2-5-11(15)8-10/h2-9H,15H2,1H3. The van der Waals surface area contributed by atoms with Crippen LogP contribution in [0.3, 0.4) is 0 Å². The quantitative estimate of drug-likeness (QED) is 0.591. The highest BCUT2D eigenvalue weighted by Crippen LogP contribution is 2.23. The Balaban J connectivity index is 2.10. The Hall–Kier alpha value is -2.34. The van der Waals surface area contributed by atoms with E-state index in [2.05, 4.69) is 27.7 Å². The molecule has 0 unspecified atom stereocenters. The van der Waals surface area contributed by atoms with E-state index in [1.165, 1.54) is 0 Å². The lowest BCUT2D eigenvalue weighted by atomic mass is 10.2. The molecule has 0 bridgehead atoms. The van der Waals surface area contributed by atoms with Gasteiger partial charge >= 0.3 is 0 Å². The first-order chi connectivity index (χ1) is 9.78. The Morgan fingerprint density at radius 2 is 1.95 bits per heavy atom. The number of hydrogen-bond acceptors (Lipinski definition) is 5. The molecular weight excluding hydrogens is 270 g/mol. The van der Waals surface area contributed by atoms with Crippen LogP contribution in [0.2, 0.25) is 0 Å². The molecular formula is C14H13N5S. The normalized spacial score (nSPS) is 10.7. The Morgan fingerprint density at radius 3 is 2.75 bits per heavy atom. The molecule has 5 nitrogen and oxygen atoms in total. The maximum atomic E-state index is 5.82. The van der Waals surface area contributed by atoms with Crippen molar-refractivity contribution in [2.75, 3.05) is 12.0 Å². The molecule has 1 aromatic heterocycles. The van der Waals surface area contributed by atoms with E-state index >= 15 is 0 Å². The van der Waals surface area contributed by atoms with E-state index in [1.807, 2.05) is 42.7 Å². The molecule has 0 saturated heterocycles. The molecule has 0 spiro atoms. The van der Waals surface area contributed by atoms with E-state index in [0.717, 1.165) is 16.1 Å². The van der Waals surface area contributed by atoms with Crippen molar-refractivity contribution in [3.05, 3.63) is 48.5 Å². The van der Waals surface area contributed by atoms with Crippen LogP contribution in [0.5, 0.6) is 0 Å². The lowest BCUT2D eigenvalue weighted by Gasteiger charge is -2.06. The maximum absolute atomic E-state index is 5.82. The second kappa shape index (κ2) is 5.34. The van der Waals surface area contributed by atoms with E-state index in [9.17, 15) is 0 Å². The van der Waals surface area contributed by atoms with Gasteiger partial charge in [0.05, 0.1) is 5.69 Å². The molecule has 2 aromatic carbocycles. The van der Waals surface area contributed by atoms with Gasteiger partial charge in [-0.3, -0.25) is 0 Å². The summed E-state index contributed by atoms with van der Waals surface area (Å²) in [5.41, 5.74) is 8.33. The van der Waals surface area contributed by atoms with Crippen LogP contribution in [0.1, 0.15) is 0 Å². The van der Waals surface area contributed by atoms with Gasteiger partial charge < -0.3 is 5.73 Å². The molecule has 0 aliphatic rings. The lowest BCUT2D eigenvalue weighted by molar-refractivity contribution is 0.789. The van der Waals surface area contributed by atoms with Gasteiger partial charge in [0.15, 0.2) is 5.82 Å². The van der Waals surface area contributed by atoms with Crippen molar-refractivity contribution >= 4 is 17.4 Å². The van der Waals surface area contributed by atoms with Gasteiger partial charge in [0.25, 0.3) is 0 Å². The number of nitrogen functional groups attached to an aromatic ring is 1. The van der Waals surface area contributed by atoms with Crippen LogP contribution in [-0.4, -0.2) is 26.5 Å². The summed E-state index contributed by atoms with van der Waals surface area (Å²) < 4.78 is 1.72. The predicted octanol–water partition coefficient (Wildman–Crippen LogP) is 2.63. The highest BCUT2D eigenvalue weighted by atomic mass is 32.2. The van der Waals surface area contributed by atoms with Gasteiger partial charge in [-0.25, -0.2) is 0 Å². The summed E-state index contributed by atoms with van der Waals surface area (Å²) >= 11 is 1.68. The van der Waals surface area contributed by atoms with Crippen molar-refractivity contribution in [3.63, 3.8) is 0 Å². The van der Waals surface area contributed by atoms with E-state index in [0.29, 0.717) is 11.5 Å². The molecule has 20 heavy (non-hydrogen) atoms. The van der Waals surface area contributed by atoms with Crippen molar-refractivity contribution < 1.29 is 0 Å². The van der Waals surface area contributed by atoms with Crippen molar-refractivity contribution in [1.82, 2.24) is 20.2 Å². The van der Waals surface area contributed by atoms with Gasteiger partial charge in [0.2, 0.25) is 0 Å². The van der Waals surface area contributed by atoms with Crippen molar-refractivity contribution in [3.8, 4) is 17.1 Å². The van der Waals surface area contributed by atoms with E-state index in [1.54, 1.807) is 16.4 Å². The predicted molar refractivity (Wildman–Crippen MR) is 80.8 cm³/mol. The third kappa shape index (κ3) is 2.37. The summed E-state index contributed by atoms with van der Waals surface area (Å²) in [6.07, 6.45) is 2.04. The first-order valence-electron chi connectivity index (χ1n) is 6.06. The number of tetrazole rings is 1. The smallest absolute Gasteiger partial charge is 0.187 e. The summed E-state index contributed by atoms with van der Waals surface area (Å²) in [7, 11) is 0. The number of thioether (sulfide) groups is 1. The van der Waals surface area contributed by atoms with E-state index in [4.69, 9.17) is 5.73 Å². The van der Waals surface area contributed by atoms with Crippen LogP contribution in [0.4, 0.5) is 5.69 Å². The molecule has 0 saturated carbocycles. The molecule has 0 aliphatic carbocycles. The molecule has 3 aromatic rings.